The van der Waals surface area contributed by atoms with Crippen molar-refractivity contribution in [2.45, 2.75) is 23.8 Å². The van der Waals surface area contributed by atoms with E-state index in [0.717, 1.165) is 31.9 Å². The fourth-order valence-electron chi connectivity index (χ4n) is 2.83. The van der Waals surface area contributed by atoms with Crippen molar-refractivity contribution < 1.29 is 9.53 Å². The minimum Gasteiger partial charge on any atom is -0.460 e. The van der Waals surface area contributed by atoms with E-state index in [1.807, 2.05) is 55.5 Å². The third-order valence-electron chi connectivity index (χ3n) is 4.26. The highest BCUT2D eigenvalue weighted by atomic mass is 32.2. The van der Waals surface area contributed by atoms with E-state index >= 15 is 0 Å². The number of benzene rings is 2. The molecule has 6 heteroatoms. The average molecular weight is 407 g/mol. The summed E-state index contributed by atoms with van der Waals surface area (Å²) in [5.74, 6) is -0.253. The van der Waals surface area contributed by atoms with Crippen LogP contribution in [0.1, 0.15) is 12.5 Å². The van der Waals surface area contributed by atoms with E-state index in [-0.39, 0.29) is 17.8 Å². The van der Waals surface area contributed by atoms with E-state index in [1.54, 1.807) is 17.7 Å². The maximum atomic E-state index is 12.5. The van der Waals surface area contributed by atoms with Crippen molar-refractivity contribution in [3.8, 4) is 11.1 Å². The molecule has 0 unspecified atom stereocenters. The molecule has 2 aromatic carbocycles. The number of rotatable bonds is 6. The first-order valence-electron chi connectivity index (χ1n) is 8.87. The van der Waals surface area contributed by atoms with Gasteiger partial charge in [0.25, 0.3) is 0 Å². The van der Waals surface area contributed by atoms with Crippen LogP contribution in [0.25, 0.3) is 21.3 Å². The van der Waals surface area contributed by atoms with Crippen molar-refractivity contribution in [2.24, 2.45) is 0 Å². The Labute approximate surface area is 171 Å². The van der Waals surface area contributed by atoms with Crippen molar-refractivity contribution >= 4 is 39.3 Å². The van der Waals surface area contributed by atoms with Gasteiger partial charge in [0.1, 0.15) is 28.0 Å². The molecule has 0 saturated carbocycles. The molecule has 0 aliphatic rings. The average Bonchev–Trinajstić information content (AvgIpc) is 3.18. The third kappa shape index (κ3) is 4.08. The molecule has 140 valence electrons. The van der Waals surface area contributed by atoms with Gasteiger partial charge >= 0.3 is 5.97 Å². The number of thioether (sulfide) groups is 1. The molecule has 2 heterocycles. The lowest BCUT2D eigenvalue weighted by molar-refractivity contribution is -0.143. The van der Waals surface area contributed by atoms with E-state index in [1.165, 1.54) is 11.8 Å². The van der Waals surface area contributed by atoms with Crippen LogP contribution in [0.5, 0.6) is 0 Å². The van der Waals surface area contributed by atoms with E-state index in [9.17, 15) is 4.79 Å². The number of carbonyl (C=O) groups excluding carboxylic acids is 1. The van der Waals surface area contributed by atoms with Gasteiger partial charge in [-0.1, -0.05) is 72.4 Å². The van der Waals surface area contributed by atoms with E-state index < -0.39 is 0 Å². The van der Waals surface area contributed by atoms with E-state index in [4.69, 9.17) is 4.74 Å². The lowest BCUT2D eigenvalue weighted by Gasteiger charge is -2.12. The molecule has 28 heavy (non-hydrogen) atoms. The molecular weight excluding hydrogens is 388 g/mol. The summed E-state index contributed by atoms with van der Waals surface area (Å²) in [5, 5.41) is 3.52. The largest absolute Gasteiger partial charge is 0.460 e. The van der Waals surface area contributed by atoms with Crippen molar-refractivity contribution in [1.29, 1.82) is 0 Å². The van der Waals surface area contributed by atoms with Gasteiger partial charge in [0.2, 0.25) is 0 Å². The number of esters is 1. The summed E-state index contributed by atoms with van der Waals surface area (Å²) in [4.78, 5) is 22.2. The first kappa shape index (κ1) is 18.7. The molecule has 0 aliphatic heterocycles. The number of ether oxygens (including phenoxy) is 1. The van der Waals surface area contributed by atoms with Gasteiger partial charge in [0.05, 0.1) is 5.39 Å². The van der Waals surface area contributed by atoms with Crippen LogP contribution >= 0.6 is 23.1 Å². The predicted molar refractivity (Wildman–Crippen MR) is 114 cm³/mol. The Morgan fingerprint density at radius 2 is 1.79 bits per heavy atom. The summed E-state index contributed by atoms with van der Waals surface area (Å²) in [6.07, 6.45) is 1.55. The van der Waals surface area contributed by atoms with Crippen LogP contribution in [0, 0.1) is 0 Å². The second kappa shape index (κ2) is 8.54. The molecule has 4 nitrogen and oxygen atoms in total. The molecule has 2 aromatic heterocycles. The lowest BCUT2D eigenvalue weighted by atomic mass is 10.1. The zero-order valence-corrected chi connectivity index (χ0v) is 16.9. The highest BCUT2D eigenvalue weighted by Crippen LogP contribution is 2.39. The van der Waals surface area contributed by atoms with Crippen LogP contribution in [0.2, 0.25) is 0 Å². The Balaban J connectivity index is 1.54. The highest BCUT2D eigenvalue weighted by molar-refractivity contribution is 8.00. The van der Waals surface area contributed by atoms with Gasteiger partial charge < -0.3 is 4.74 Å². The van der Waals surface area contributed by atoms with Crippen molar-refractivity contribution in [3.05, 3.63) is 77.9 Å². The van der Waals surface area contributed by atoms with Gasteiger partial charge in [-0.15, -0.1) is 11.3 Å². The topological polar surface area (TPSA) is 52.1 Å². The molecule has 0 amide bonds. The Morgan fingerprint density at radius 3 is 2.54 bits per heavy atom. The Kier molecular flexibility index (Phi) is 5.69. The van der Waals surface area contributed by atoms with Crippen molar-refractivity contribution in [1.82, 2.24) is 9.97 Å². The van der Waals surface area contributed by atoms with E-state index in [2.05, 4.69) is 27.5 Å². The van der Waals surface area contributed by atoms with Crippen LogP contribution in [0.4, 0.5) is 0 Å². The first-order valence-corrected chi connectivity index (χ1v) is 10.6. The van der Waals surface area contributed by atoms with Gasteiger partial charge in [-0.3, -0.25) is 4.79 Å². The number of hydrogen-bond acceptors (Lipinski definition) is 6. The molecule has 0 radical (unpaired) electrons. The number of hydrogen-bond donors (Lipinski definition) is 0. The molecule has 0 spiro atoms. The summed E-state index contributed by atoms with van der Waals surface area (Å²) in [5.41, 5.74) is 3.18. The summed E-state index contributed by atoms with van der Waals surface area (Å²) in [6.45, 7) is 2.12. The number of nitrogens with zero attached hydrogens (tertiary/aromatic N) is 2. The first-order chi connectivity index (χ1) is 13.7. The third-order valence-corrected chi connectivity index (χ3v) is 6.23. The summed E-state index contributed by atoms with van der Waals surface area (Å²) >= 11 is 3.00. The smallest absolute Gasteiger partial charge is 0.319 e. The number of fused-ring (bicyclic) bond motifs is 1. The molecule has 0 saturated heterocycles. The quantitative estimate of drug-likeness (QED) is 0.238. The Bertz CT molecular complexity index is 1080. The molecular formula is C22H18N2O2S2. The fraction of sp³-hybridized carbons (Fsp3) is 0.136. The number of carbonyl (C=O) groups is 1. The van der Waals surface area contributed by atoms with Crippen molar-refractivity contribution in [2.75, 3.05) is 0 Å². The SMILES string of the molecule is C[C@H](Sc1ncnc2scc(-c3ccccc3)c12)C(=O)OCc1ccccc1. The van der Waals surface area contributed by atoms with Crippen LogP contribution in [0.15, 0.2) is 77.4 Å². The summed E-state index contributed by atoms with van der Waals surface area (Å²) in [7, 11) is 0. The molecule has 0 bridgehead atoms. The maximum absolute atomic E-state index is 12.5. The molecule has 0 fully saturated rings. The highest BCUT2D eigenvalue weighted by Gasteiger charge is 2.21. The Hall–Kier alpha value is -2.70. The minimum absolute atomic E-state index is 0.253. The minimum atomic E-state index is -0.370. The van der Waals surface area contributed by atoms with Crippen LogP contribution in [-0.2, 0) is 16.1 Å². The normalized spacial score (nSPS) is 12.0. The molecule has 4 aromatic rings. The monoisotopic (exact) mass is 406 g/mol. The van der Waals surface area contributed by atoms with Crippen LogP contribution < -0.4 is 0 Å². The fourth-order valence-corrected chi connectivity index (χ4v) is 4.74. The predicted octanol–water partition coefficient (Wildman–Crippen LogP) is 5.58. The molecule has 1 atom stereocenters. The number of aromatic nitrogens is 2. The maximum Gasteiger partial charge on any atom is 0.319 e. The standard InChI is InChI=1S/C22H18N2O2S2/c1-15(22(25)26-12-16-8-4-2-5-9-16)28-21-19-18(17-10-6-3-7-11-17)13-27-20(19)23-14-24-21/h2-11,13-15H,12H2,1H3/t15-/m0/s1. The lowest BCUT2D eigenvalue weighted by Crippen LogP contribution is -2.17. The van der Waals surface area contributed by atoms with E-state index in [0.29, 0.717) is 0 Å². The second-order valence-corrected chi connectivity index (χ2v) is 8.42. The van der Waals surface area contributed by atoms with Gasteiger partial charge in [-0.2, -0.15) is 0 Å². The summed E-state index contributed by atoms with van der Waals surface area (Å²) in [6, 6.07) is 19.8. The van der Waals surface area contributed by atoms with Gasteiger partial charge in [0.15, 0.2) is 0 Å². The molecule has 0 aliphatic carbocycles. The Morgan fingerprint density at radius 1 is 1.07 bits per heavy atom. The molecule has 4 rings (SSSR count). The van der Waals surface area contributed by atoms with Gasteiger partial charge in [0, 0.05) is 10.9 Å². The van der Waals surface area contributed by atoms with Gasteiger partial charge in [-0.05, 0) is 18.1 Å². The van der Waals surface area contributed by atoms with Gasteiger partial charge in [-0.25, -0.2) is 9.97 Å². The second-order valence-electron chi connectivity index (χ2n) is 6.23. The van der Waals surface area contributed by atoms with Crippen molar-refractivity contribution in [3.63, 3.8) is 0 Å². The van der Waals surface area contributed by atoms with Crippen LogP contribution in [-0.4, -0.2) is 21.2 Å². The zero-order valence-electron chi connectivity index (χ0n) is 15.2. The summed E-state index contributed by atoms with van der Waals surface area (Å²) < 4.78 is 5.47. The number of thiophene rings is 1. The van der Waals surface area contributed by atoms with Crippen LogP contribution in [0.3, 0.4) is 0 Å². The zero-order chi connectivity index (χ0) is 19.3. The molecule has 0 N–H and O–H groups in total.